The number of rotatable bonds is 8. The van der Waals surface area contributed by atoms with Crippen LogP contribution >= 0.6 is 39.9 Å². The average Bonchev–Trinajstić information content (AvgIpc) is 2.82. The van der Waals surface area contributed by atoms with Gasteiger partial charge in [0.2, 0.25) is 0 Å². The Morgan fingerprint density at radius 1 is 1.42 bits per heavy atom. The minimum absolute atomic E-state index is 0.110. The van der Waals surface area contributed by atoms with Gasteiger partial charge < -0.3 is 9.64 Å². The average molecular weight is 457 g/mol. The molecule has 2 rings (SSSR count). The molecule has 1 aliphatic heterocycles. The maximum atomic E-state index is 12.5. The Hall–Kier alpha value is -1.22. The number of nitrogens with zero attached hydrogens (tertiary/aromatic N) is 2. The molecule has 1 aliphatic rings. The van der Waals surface area contributed by atoms with Crippen molar-refractivity contribution in [1.29, 1.82) is 0 Å². The standard InChI is InChI=1S/C18H21BrN2O3S2/c1-20(2)9-10-24-16(22)7-4-8-21-17(23)15(26-18(21)25)12-13-5-3-6-14(19)11-13/h3,5-6,11-12H,4,7-10H2,1-2H3/b15-12-. The summed E-state index contributed by atoms with van der Waals surface area (Å²) < 4.78 is 6.62. The minimum Gasteiger partial charge on any atom is -0.464 e. The number of likely N-dealkylation sites (N-methyl/N-ethyl adjacent to an activating group) is 1. The van der Waals surface area contributed by atoms with Crippen molar-refractivity contribution in [3.05, 3.63) is 39.2 Å². The van der Waals surface area contributed by atoms with Crippen LogP contribution in [0.5, 0.6) is 0 Å². The van der Waals surface area contributed by atoms with Crippen molar-refractivity contribution in [2.75, 3.05) is 33.8 Å². The fourth-order valence-corrected chi connectivity index (χ4v) is 3.96. The number of benzene rings is 1. The van der Waals surface area contributed by atoms with Crippen molar-refractivity contribution in [3.63, 3.8) is 0 Å². The summed E-state index contributed by atoms with van der Waals surface area (Å²) in [6.45, 7) is 1.49. The number of thioether (sulfide) groups is 1. The summed E-state index contributed by atoms with van der Waals surface area (Å²) in [5.41, 5.74) is 0.935. The zero-order chi connectivity index (χ0) is 19.1. The Labute approximate surface area is 171 Å². The van der Waals surface area contributed by atoms with Crippen LogP contribution in [0.15, 0.2) is 33.6 Å². The molecule has 1 aromatic rings. The quantitative estimate of drug-likeness (QED) is 0.338. The summed E-state index contributed by atoms with van der Waals surface area (Å²) in [4.78, 5) is 28.3. The van der Waals surface area contributed by atoms with Crippen LogP contribution in [0.1, 0.15) is 18.4 Å². The van der Waals surface area contributed by atoms with Crippen molar-refractivity contribution in [1.82, 2.24) is 9.80 Å². The third kappa shape index (κ3) is 6.50. The van der Waals surface area contributed by atoms with Gasteiger partial charge in [0.1, 0.15) is 10.9 Å². The van der Waals surface area contributed by atoms with Crippen LogP contribution < -0.4 is 0 Å². The molecule has 0 unspecified atom stereocenters. The molecule has 5 nitrogen and oxygen atoms in total. The Balaban J connectivity index is 1.84. The Morgan fingerprint density at radius 3 is 2.88 bits per heavy atom. The Kier molecular flexibility index (Phi) is 8.27. The van der Waals surface area contributed by atoms with E-state index < -0.39 is 0 Å². The molecule has 1 saturated heterocycles. The third-order valence-corrected chi connectivity index (χ3v) is 5.46. The lowest BCUT2D eigenvalue weighted by Gasteiger charge is -2.14. The highest BCUT2D eigenvalue weighted by Crippen LogP contribution is 2.33. The normalized spacial score (nSPS) is 16.0. The van der Waals surface area contributed by atoms with Gasteiger partial charge in [0.05, 0.1) is 4.91 Å². The van der Waals surface area contributed by atoms with Crippen molar-refractivity contribution in [2.45, 2.75) is 12.8 Å². The molecule has 1 aromatic carbocycles. The zero-order valence-electron chi connectivity index (χ0n) is 14.7. The van der Waals surface area contributed by atoms with Crippen LogP contribution in [0.2, 0.25) is 0 Å². The second kappa shape index (κ2) is 10.2. The maximum absolute atomic E-state index is 12.5. The number of ether oxygens (including phenoxy) is 1. The predicted molar refractivity (Wildman–Crippen MR) is 113 cm³/mol. The molecule has 0 N–H and O–H groups in total. The molecule has 0 saturated carbocycles. The van der Waals surface area contributed by atoms with E-state index in [4.69, 9.17) is 17.0 Å². The second-order valence-corrected chi connectivity index (χ2v) is 8.61. The highest BCUT2D eigenvalue weighted by atomic mass is 79.9. The molecule has 0 bridgehead atoms. The summed E-state index contributed by atoms with van der Waals surface area (Å²) in [5.74, 6) is -0.358. The number of hydrogen-bond acceptors (Lipinski definition) is 6. The number of amides is 1. The number of halogens is 1. The van der Waals surface area contributed by atoms with Crippen LogP contribution in [-0.2, 0) is 14.3 Å². The van der Waals surface area contributed by atoms with E-state index in [0.29, 0.717) is 35.3 Å². The van der Waals surface area contributed by atoms with Gasteiger partial charge in [-0.1, -0.05) is 52.0 Å². The fourth-order valence-electron chi connectivity index (χ4n) is 2.24. The molecular formula is C18H21BrN2O3S2. The SMILES string of the molecule is CN(C)CCOC(=O)CCCN1C(=O)/C(=C/c2cccc(Br)c2)SC1=S. The van der Waals surface area contributed by atoms with E-state index in [1.54, 1.807) is 4.90 Å². The number of carbonyl (C=O) groups excluding carboxylic acids is 2. The first kappa shape index (κ1) is 21.1. The molecule has 0 spiro atoms. The van der Waals surface area contributed by atoms with E-state index in [1.807, 2.05) is 49.3 Å². The van der Waals surface area contributed by atoms with Crippen molar-refractivity contribution in [3.8, 4) is 0 Å². The van der Waals surface area contributed by atoms with E-state index in [9.17, 15) is 9.59 Å². The maximum Gasteiger partial charge on any atom is 0.305 e. The van der Waals surface area contributed by atoms with Gasteiger partial charge in [-0.05, 0) is 44.3 Å². The lowest BCUT2D eigenvalue weighted by Crippen LogP contribution is -2.29. The lowest BCUT2D eigenvalue weighted by molar-refractivity contribution is -0.144. The number of hydrogen-bond donors (Lipinski definition) is 0. The van der Waals surface area contributed by atoms with Crippen LogP contribution in [0.25, 0.3) is 6.08 Å². The molecule has 0 radical (unpaired) electrons. The molecule has 0 aromatic heterocycles. The first-order valence-electron chi connectivity index (χ1n) is 8.18. The van der Waals surface area contributed by atoms with Gasteiger partial charge in [-0.3, -0.25) is 14.5 Å². The van der Waals surface area contributed by atoms with Gasteiger partial charge in [0, 0.05) is 24.0 Å². The second-order valence-electron chi connectivity index (χ2n) is 6.02. The summed E-state index contributed by atoms with van der Waals surface area (Å²) in [7, 11) is 3.84. The van der Waals surface area contributed by atoms with E-state index in [2.05, 4.69) is 15.9 Å². The van der Waals surface area contributed by atoms with Crippen LogP contribution in [0, 0.1) is 0 Å². The lowest BCUT2D eigenvalue weighted by atomic mass is 10.2. The highest BCUT2D eigenvalue weighted by molar-refractivity contribution is 9.10. The van der Waals surface area contributed by atoms with Gasteiger partial charge in [-0.15, -0.1) is 0 Å². The first-order valence-corrected chi connectivity index (χ1v) is 10.2. The predicted octanol–water partition coefficient (Wildman–Crippen LogP) is 3.54. The molecule has 0 aliphatic carbocycles. The summed E-state index contributed by atoms with van der Waals surface area (Å²) in [6, 6.07) is 7.72. The highest BCUT2D eigenvalue weighted by Gasteiger charge is 2.31. The first-order chi connectivity index (χ1) is 12.4. The fraction of sp³-hybridized carbons (Fsp3) is 0.389. The smallest absolute Gasteiger partial charge is 0.305 e. The molecular weight excluding hydrogens is 436 g/mol. The van der Waals surface area contributed by atoms with Crippen molar-refractivity contribution in [2.24, 2.45) is 0 Å². The Morgan fingerprint density at radius 2 is 2.19 bits per heavy atom. The molecule has 140 valence electrons. The molecule has 0 atom stereocenters. The van der Waals surface area contributed by atoms with Crippen LogP contribution in [0.3, 0.4) is 0 Å². The van der Waals surface area contributed by atoms with E-state index in [-0.39, 0.29) is 18.3 Å². The minimum atomic E-state index is -0.248. The molecule has 26 heavy (non-hydrogen) atoms. The molecule has 8 heteroatoms. The summed E-state index contributed by atoms with van der Waals surface area (Å²) in [5, 5.41) is 0. The van der Waals surface area contributed by atoms with E-state index in [1.165, 1.54) is 11.8 Å². The van der Waals surface area contributed by atoms with Crippen molar-refractivity contribution >= 4 is 62.2 Å². The van der Waals surface area contributed by atoms with Crippen LogP contribution in [-0.4, -0.2) is 59.8 Å². The topological polar surface area (TPSA) is 49.9 Å². The van der Waals surface area contributed by atoms with Gasteiger partial charge >= 0.3 is 5.97 Å². The number of thiocarbonyl (C=S) groups is 1. The van der Waals surface area contributed by atoms with Gasteiger partial charge in [-0.2, -0.15) is 0 Å². The largest absolute Gasteiger partial charge is 0.464 e. The number of esters is 1. The summed E-state index contributed by atoms with van der Waals surface area (Å²) in [6.07, 6.45) is 2.63. The number of carbonyl (C=O) groups is 2. The molecule has 1 amide bonds. The van der Waals surface area contributed by atoms with Gasteiger partial charge in [0.15, 0.2) is 0 Å². The van der Waals surface area contributed by atoms with Crippen molar-refractivity contribution < 1.29 is 14.3 Å². The monoisotopic (exact) mass is 456 g/mol. The van der Waals surface area contributed by atoms with Gasteiger partial charge in [-0.25, -0.2) is 0 Å². The van der Waals surface area contributed by atoms with Crippen LogP contribution in [0.4, 0.5) is 0 Å². The molecule has 1 fully saturated rings. The van der Waals surface area contributed by atoms with E-state index >= 15 is 0 Å². The Bertz CT molecular complexity index is 722. The third-order valence-electron chi connectivity index (χ3n) is 3.58. The zero-order valence-corrected chi connectivity index (χ0v) is 18.0. The summed E-state index contributed by atoms with van der Waals surface area (Å²) >= 11 is 10.0. The molecule has 1 heterocycles. The van der Waals surface area contributed by atoms with E-state index in [0.717, 1.165) is 10.0 Å². The van der Waals surface area contributed by atoms with Gasteiger partial charge in [0.25, 0.3) is 5.91 Å².